The van der Waals surface area contributed by atoms with Gasteiger partial charge in [0.1, 0.15) is 11.9 Å². The molecule has 1 aromatic carbocycles. The topological polar surface area (TPSA) is 55.6 Å². The summed E-state index contributed by atoms with van der Waals surface area (Å²) < 4.78 is 6.13. The number of halogens is 1. The van der Waals surface area contributed by atoms with Gasteiger partial charge in [0.05, 0.1) is 0 Å². The molecule has 0 aromatic heterocycles. The van der Waals surface area contributed by atoms with E-state index in [2.05, 4.69) is 26.0 Å². The van der Waals surface area contributed by atoms with Crippen molar-refractivity contribution >= 4 is 18.3 Å². The van der Waals surface area contributed by atoms with Crippen molar-refractivity contribution in [2.45, 2.75) is 52.1 Å². The standard InChI is InChI=1S/C20H30N2O2.ClH/c1-14-6-7-18(12-15(14)2)24-17-8-10-22(11-9-17)20(23)19-5-3-4-16(19)13-21;/h6-7,12,16-17,19H,3-5,8-11,13,21H2,1-2H3;1H/t16-,19-;/m1./s1. The van der Waals surface area contributed by atoms with Gasteiger partial charge < -0.3 is 15.4 Å². The molecule has 1 aliphatic carbocycles. The number of ether oxygens (including phenoxy) is 1. The summed E-state index contributed by atoms with van der Waals surface area (Å²) in [4.78, 5) is 14.8. The molecule has 1 amide bonds. The van der Waals surface area contributed by atoms with Gasteiger partial charge in [-0.2, -0.15) is 0 Å². The van der Waals surface area contributed by atoms with Crippen LogP contribution in [-0.4, -0.2) is 36.5 Å². The molecule has 5 heteroatoms. The van der Waals surface area contributed by atoms with Crippen molar-refractivity contribution in [1.82, 2.24) is 4.90 Å². The van der Waals surface area contributed by atoms with Crippen molar-refractivity contribution in [3.63, 3.8) is 0 Å². The summed E-state index contributed by atoms with van der Waals surface area (Å²) in [5.74, 6) is 1.82. The highest BCUT2D eigenvalue weighted by Gasteiger charge is 2.36. The summed E-state index contributed by atoms with van der Waals surface area (Å²) in [6.07, 6.45) is 5.31. The van der Waals surface area contributed by atoms with E-state index in [0.717, 1.165) is 50.9 Å². The van der Waals surface area contributed by atoms with E-state index in [1.165, 1.54) is 11.1 Å². The molecule has 0 spiro atoms. The predicted molar refractivity (Wildman–Crippen MR) is 103 cm³/mol. The van der Waals surface area contributed by atoms with E-state index >= 15 is 0 Å². The summed E-state index contributed by atoms with van der Waals surface area (Å²) in [7, 11) is 0. The number of hydrogen-bond acceptors (Lipinski definition) is 3. The van der Waals surface area contributed by atoms with E-state index in [-0.39, 0.29) is 24.4 Å². The fraction of sp³-hybridized carbons (Fsp3) is 0.650. The molecule has 2 fully saturated rings. The Bertz CT molecular complexity index is 585. The fourth-order valence-electron chi connectivity index (χ4n) is 4.05. The molecule has 3 rings (SSSR count). The van der Waals surface area contributed by atoms with Crippen LogP contribution in [0.4, 0.5) is 0 Å². The quantitative estimate of drug-likeness (QED) is 0.887. The van der Waals surface area contributed by atoms with E-state index in [1.807, 2.05) is 11.0 Å². The van der Waals surface area contributed by atoms with E-state index < -0.39 is 0 Å². The minimum atomic E-state index is 0. The van der Waals surface area contributed by atoms with E-state index in [1.54, 1.807) is 0 Å². The second kappa shape index (κ2) is 8.91. The first-order valence-electron chi connectivity index (χ1n) is 9.31. The van der Waals surface area contributed by atoms with Gasteiger partial charge in [-0.3, -0.25) is 4.79 Å². The molecule has 1 saturated heterocycles. The highest BCUT2D eigenvalue weighted by molar-refractivity contribution is 5.85. The Hall–Kier alpha value is -1.26. The van der Waals surface area contributed by atoms with Crippen LogP contribution in [-0.2, 0) is 4.79 Å². The van der Waals surface area contributed by atoms with Crippen molar-refractivity contribution in [2.75, 3.05) is 19.6 Å². The third-order valence-electron chi connectivity index (χ3n) is 5.81. The molecule has 2 atom stereocenters. The minimum Gasteiger partial charge on any atom is -0.490 e. The van der Waals surface area contributed by atoms with Crippen LogP contribution in [0.3, 0.4) is 0 Å². The van der Waals surface area contributed by atoms with Gasteiger partial charge in [-0.1, -0.05) is 12.5 Å². The zero-order valence-corrected chi connectivity index (χ0v) is 16.2. The fourth-order valence-corrected chi connectivity index (χ4v) is 4.05. The van der Waals surface area contributed by atoms with E-state index in [0.29, 0.717) is 18.4 Å². The first-order valence-corrected chi connectivity index (χ1v) is 9.31. The average molecular weight is 367 g/mol. The number of amides is 1. The lowest BCUT2D eigenvalue weighted by atomic mass is 9.93. The number of benzene rings is 1. The molecule has 1 heterocycles. The van der Waals surface area contributed by atoms with Gasteiger partial charge in [0.25, 0.3) is 0 Å². The monoisotopic (exact) mass is 366 g/mol. The van der Waals surface area contributed by atoms with Crippen LogP contribution in [0.15, 0.2) is 18.2 Å². The molecular formula is C20H31ClN2O2. The Morgan fingerprint density at radius 1 is 1.16 bits per heavy atom. The number of nitrogens with zero attached hydrogens (tertiary/aromatic N) is 1. The SMILES string of the molecule is Cc1ccc(OC2CCN(C(=O)[C@@H]3CCC[C@@H]3CN)CC2)cc1C.Cl. The number of carbonyl (C=O) groups is 1. The lowest BCUT2D eigenvalue weighted by Gasteiger charge is -2.34. The zero-order chi connectivity index (χ0) is 17.1. The van der Waals surface area contributed by atoms with Crippen LogP contribution in [0.2, 0.25) is 0 Å². The lowest BCUT2D eigenvalue weighted by molar-refractivity contribution is -0.138. The summed E-state index contributed by atoms with van der Waals surface area (Å²) in [6.45, 7) is 6.48. The Morgan fingerprint density at radius 2 is 1.88 bits per heavy atom. The molecule has 2 N–H and O–H groups in total. The molecule has 0 unspecified atom stereocenters. The predicted octanol–water partition coefficient (Wildman–Crippen LogP) is 3.47. The van der Waals surface area contributed by atoms with Crippen molar-refractivity contribution in [1.29, 1.82) is 0 Å². The van der Waals surface area contributed by atoms with Gasteiger partial charge >= 0.3 is 0 Å². The molecule has 1 saturated carbocycles. The van der Waals surface area contributed by atoms with Gasteiger partial charge in [-0.15, -0.1) is 12.4 Å². The maximum Gasteiger partial charge on any atom is 0.226 e. The van der Waals surface area contributed by atoms with E-state index in [4.69, 9.17) is 10.5 Å². The summed E-state index contributed by atoms with van der Waals surface area (Å²) in [5, 5.41) is 0. The van der Waals surface area contributed by atoms with Crippen LogP contribution in [0, 0.1) is 25.7 Å². The van der Waals surface area contributed by atoms with Gasteiger partial charge in [-0.05, 0) is 62.4 Å². The molecule has 1 aromatic rings. The third-order valence-corrected chi connectivity index (χ3v) is 5.81. The van der Waals surface area contributed by atoms with Gasteiger partial charge in [0.2, 0.25) is 5.91 Å². The van der Waals surface area contributed by atoms with Gasteiger partial charge in [0, 0.05) is 31.8 Å². The number of carbonyl (C=O) groups excluding carboxylic acids is 1. The maximum atomic E-state index is 12.7. The molecule has 0 bridgehead atoms. The molecular weight excluding hydrogens is 336 g/mol. The Kier molecular flexibility index (Phi) is 7.14. The lowest BCUT2D eigenvalue weighted by Crippen LogP contribution is -2.45. The molecule has 2 aliphatic rings. The molecule has 0 radical (unpaired) electrons. The highest BCUT2D eigenvalue weighted by atomic mass is 35.5. The Labute approximate surface area is 157 Å². The van der Waals surface area contributed by atoms with Crippen LogP contribution in [0.1, 0.15) is 43.2 Å². The molecule has 25 heavy (non-hydrogen) atoms. The number of nitrogens with two attached hydrogens (primary N) is 1. The molecule has 1 aliphatic heterocycles. The zero-order valence-electron chi connectivity index (χ0n) is 15.4. The van der Waals surface area contributed by atoms with Gasteiger partial charge in [-0.25, -0.2) is 0 Å². The normalized spacial score (nSPS) is 24.0. The summed E-state index contributed by atoms with van der Waals surface area (Å²) in [5.41, 5.74) is 8.38. The molecule has 4 nitrogen and oxygen atoms in total. The van der Waals surface area contributed by atoms with Crippen molar-refractivity contribution in [3.05, 3.63) is 29.3 Å². The number of aryl methyl sites for hydroxylation is 2. The second-order valence-electron chi connectivity index (χ2n) is 7.42. The Morgan fingerprint density at radius 3 is 2.52 bits per heavy atom. The third kappa shape index (κ3) is 4.68. The van der Waals surface area contributed by atoms with Crippen LogP contribution >= 0.6 is 12.4 Å². The van der Waals surface area contributed by atoms with Gasteiger partial charge in [0.15, 0.2) is 0 Å². The number of hydrogen-bond donors (Lipinski definition) is 1. The van der Waals surface area contributed by atoms with Crippen molar-refractivity contribution in [2.24, 2.45) is 17.6 Å². The van der Waals surface area contributed by atoms with E-state index in [9.17, 15) is 4.79 Å². The van der Waals surface area contributed by atoms with Crippen molar-refractivity contribution in [3.8, 4) is 5.75 Å². The van der Waals surface area contributed by atoms with Crippen LogP contribution in [0.25, 0.3) is 0 Å². The second-order valence-corrected chi connectivity index (χ2v) is 7.42. The average Bonchev–Trinajstić information content (AvgIpc) is 3.07. The van der Waals surface area contributed by atoms with Crippen LogP contribution < -0.4 is 10.5 Å². The Balaban J connectivity index is 0.00000225. The highest BCUT2D eigenvalue weighted by Crippen LogP contribution is 2.33. The minimum absolute atomic E-state index is 0. The summed E-state index contributed by atoms with van der Waals surface area (Å²) in [6, 6.07) is 6.26. The number of rotatable bonds is 4. The summed E-state index contributed by atoms with van der Waals surface area (Å²) >= 11 is 0. The van der Waals surface area contributed by atoms with Crippen molar-refractivity contribution < 1.29 is 9.53 Å². The first-order chi connectivity index (χ1) is 11.6. The van der Waals surface area contributed by atoms with Crippen LogP contribution in [0.5, 0.6) is 5.75 Å². The molecule has 140 valence electrons. The number of likely N-dealkylation sites (tertiary alicyclic amines) is 1. The number of piperidine rings is 1. The maximum absolute atomic E-state index is 12.7. The first kappa shape index (κ1) is 20.1. The smallest absolute Gasteiger partial charge is 0.226 e. The largest absolute Gasteiger partial charge is 0.490 e.